The second-order valence-corrected chi connectivity index (χ2v) is 7.51. The van der Waals surface area contributed by atoms with Crippen LogP contribution >= 0.6 is 0 Å². The maximum atomic E-state index is 12.6. The number of rotatable bonds is 6. The Bertz CT molecular complexity index is 785. The molecule has 2 aromatic rings. The van der Waals surface area contributed by atoms with E-state index in [0.29, 0.717) is 31.0 Å². The minimum atomic E-state index is -0.114. The predicted molar refractivity (Wildman–Crippen MR) is 101 cm³/mol. The summed E-state index contributed by atoms with van der Waals surface area (Å²) in [6.45, 7) is 4.28. The van der Waals surface area contributed by atoms with Crippen LogP contribution in [0.1, 0.15) is 30.1 Å². The molecule has 0 bridgehead atoms. The molecule has 2 atom stereocenters. The quantitative estimate of drug-likeness (QED) is 0.821. The number of aromatic nitrogens is 2. The van der Waals surface area contributed by atoms with Gasteiger partial charge in [-0.25, -0.2) is 0 Å². The molecule has 1 fully saturated rings. The Morgan fingerprint density at radius 2 is 2.23 bits per heavy atom. The number of benzene rings is 1. The monoisotopic (exact) mass is 357 g/mol. The summed E-state index contributed by atoms with van der Waals surface area (Å²) in [6, 6.07) is 5.53. The van der Waals surface area contributed by atoms with E-state index in [1.54, 1.807) is 12.3 Å². The highest BCUT2D eigenvalue weighted by Gasteiger charge is 2.28. The third-order valence-corrected chi connectivity index (χ3v) is 4.81. The molecule has 1 unspecified atom stereocenters. The van der Waals surface area contributed by atoms with Crippen LogP contribution in [-0.4, -0.2) is 71.6 Å². The lowest BCUT2D eigenvalue weighted by Gasteiger charge is -2.21. The fourth-order valence-corrected chi connectivity index (χ4v) is 3.65. The van der Waals surface area contributed by atoms with Gasteiger partial charge in [0.05, 0.1) is 17.3 Å². The maximum absolute atomic E-state index is 12.6. The van der Waals surface area contributed by atoms with Crippen LogP contribution in [0.4, 0.5) is 0 Å². The lowest BCUT2D eigenvalue weighted by molar-refractivity contribution is -0.131. The van der Waals surface area contributed by atoms with Crippen LogP contribution < -0.4 is 5.32 Å². The molecule has 1 aromatic heterocycles. The van der Waals surface area contributed by atoms with E-state index in [0.717, 1.165) is 23.9 Å². The first-order chi connectivity index (χ1) is 12.4. The van der Waals surface area contributed by atoms with E-state index in [1.165, 1.54) is 0 Å². The molecule has 1 saturated heterocycles. The van der Waals surface area contributed by atoms with Gasteiger partial charge in [0, 0.05) is 37.5 Å². The number of likely N-dealkylation sites (tertiary alicyclic amines) is 1. The van der Waals surface area contributed by atoms with Crippen LogP contribution in [0.2, 0.25) is 0 Å². The first kappa shape index (κ1) is 18.4. The standard InChI is InChI=1S/C19H27N5O2/c1-13(11-23(2)3)9-18(25)24-8-7-14(12-24)21-19(26)15-5-4-6-17-16(15)10-20-22-17/h4-6,10,13-14H,7-9,11-12H2,1-3H3,(H,20,22)(H,21,26)/t13?,14-/m1/s1. The van der Waals surface area contributed by atoms with E-state index in [2.05, 4.69) is 27.3 Å². The average molecular weight is 357 g/mol. The minimum Gasteiger partial charge on any atom is -0.347 e. The number of carbonyl (C=O) groups excluding carboxylic acids is 2. The number of H-pyrrole nitrogens is 1. The van der Waals surface area contributed by atoms with Crippen molar-refractivity contribution in [1.29, 1.82) is 0 Å². The van der Waals surface area contributed by atoms with Crippen molar-refractivity contribution >= 4 is 22.7 Å². The normalized spacial score (nSPS) is 18.5. The second-order valence-electron chi connectivity index (χ2n) is 7.51. The highest BCUT2D eigenvalue weighted by atomic mass is 16.2. The van der Waals surface area contributed by atoms with Crippen LogP contribution in [0.25, 0.3) is 10.9 Å². The fourth-order valence-electron chi connectivity index (χ4n) is 3.65. The van der Waals surface area contributed by atoms with Crippen molar-refractivity contribution in [2.45, 2.75) is 25.8 Å². The molecule has 1 aromatic carbocycles. The molecule has 0 spiro atoms. The zero-order chi connectivity index (χ0) is 18.7. The Kier molecular flexibility index (Phi) is 5.56. The van der Waals surface area contributed by atoms with Crippen molar-refractivity contribution in [1.82, 2.24) is 25.3 Å². The second kappa shape index (κ2) is 7.86. The molecule has 140 valence electrons. The van der Waals surface area contributed by atoms with Gasteiger partial charge in [-0.2, -0.15) is 5.10 Å². The highest BCUT2D eigenvalue weighted by molar-refractivity contribution is 6.06. The first-order valence-corrected chi connectivity index (χ1v) is 9.09. The number of hydrogen-bond acceptors (Lipinski definition) is 4. The average Bonchev–Trinajstić information content (AvgIpc) is 3.22. The first-order valence-electron chi connectivity index (χ1n) is 9.09. The molecule has 0 aliphatic carbocycles. The van der Waals surface area contributed by atoms with Crippen LogP contribution in [0.15, 0.2) is 24.4 Å². The number of hydrogen-bond donors (Lipinski definition) is 2. The lowest BCUT2D eigenvalue weighted by atomic mass is 10.1. The zero-order valence-corrected chi connectivity index (χ0v) is 15.7. The van der Waals surface area contributed by atoms with Gasteiger partial charge < -0.3 is 15.1 Å². The summed E-state index contributed by atoms with van der Waals surface area (Å²) in [5.41, 5.74) is 1.45. The van der Waals surface area contributed by atoms with E-state index in [1.807, 2.05) is 31.1 Å². The summed E-state index contributed by atoms with van der Waals surface area (Å²) < 4.78 is 0. The van der Waals surface area contributed by atoms with Crippen LogP contribution in [0.3, 0.4) is 0 Å². The molecule has 2 heterocycles. The molecule has 2 amide bonds. The van der Waals surface area contributed by atoms with Crippen molar-refractivity contribution in [2.24, 2.45) is 5.92 Å². The van der Waals surface area contributed by atoms with Crippen LogP contribution in [0.5, 0.6) is 0 Å². The molecule has 7 nitrogen and oxygen atoms in total. The molecule has 26 heavy (non-hydrogen) atoms. The summed E-state index contributed by atoms with van der Waals surface area (Å²) in [5.74, 6) is 0.384. The molecule has 1 aliphatic heterocycles. The summed E-state index contributed by atoms with van der Waals surface area (Å²) in [4.78, 5) is 29.1. The summed E-state index contributed by atoms with van der Waals surface area (Å²) >= 11 is 0. The Balaban J connectivity index is 1.55. The highest BCUT2D eigenvalue weighted by Crippen LogP contribution is 2.18. The molecule has 7 heteroatoms. The van der Waals surface area contributed by atoms with E-state index in [9.17, 15) is 9.59 Å². The molecular weight excluding hydrogens is 330 g/mol. The van der Waals surface area contributed by atoms with E-state index in [-0.39, 0.29) is 17.9 Å². The number of nitrogens with zero attached hydrogens (tertiary/aromatic N) is 3. The van der Waals surface area contributed by atoms with E-state index < -0.39 is 0 Å². The molecule has 1 aliphatic rings. The van der Waals surface area contributed by atoms with Gasteiger partial charge in [0.1, 0.15) is 0 Å². The van der Waals surface area contributed by atoms with Gasteiger partial charge >= 0.3 is 0 Å². The van der Waals surface area contributed by atoms with Gasteiger partial charge in [0.25, 0.3) is 5.91 Å². The van der Waals surface area contributed by atoms with Gasteiger partial charge in [-0.15, -0.1) is 0 Å². The third-order valence-electron chi connectivity index (χ3n) is 4.81. The maximum Gasteiger partial charge on any atom is 0.252 e. The number of nitrogens with one attached hydrogen (secondary N) is 2. The van der Waals surface area contributed by atoms with Crippen molar-refractivity contribution < 1.29 is 9.59 Å². The van der Waals surface area contributed by atoms with Gasteiger partial charge in [-0.1, -0.05) is 13.0 Å². The molecule has 2 N–H and O–H groups in total. The van der Waals surface area contributed by atoms with E-state index in [4.69, 9.17) is 0 Å². The Labute approximate surface area is 153 Å². The summed E-state index contributed by atoms with van der Waals surface area (Å²) in [5, 5.41) is 10.8. The van der Waals surface area contributed by atoms with Crippen molar-refractivity contribution in [2.75, 3.05) is 33.7 Å². The molecular formula is C19H27N5O2. The van der Waals surface area contributed by atoms with Gasteiger partial charge in [-0.05, 0) is 38.6 Å². The number of aromatic amines is 1. The zero-order valence-electron chi connectivity index (χ0n) is 15.7. The Hall–Kier alpha value is -2.41. The van der Waals surface area contributed by atoms with Gasteiger partial charge in [-0.3, -0.25) is 14.7 Å². The Morgan fingerprint density at radius 3 is 3.00 bits per heavy atom. The van der Waals surface area contributed by atoms with Crippen molar-refractivity contribution in [3.8, 4) is 0 Å². The number of carbonyl (C=O) groups is 2. The molecule has 3 rings (SSSR count). The fraction of sp³-hybridized carbons (Fsp3) is 0.526. The van der Waals surface area contributed by atoms with E-state index >= 15 is 0 Å². The van der Waals surface area contributed by atoms with Crippen molar-refractivity contribution in [3.05, 3.63) is 30.0 Å². The summed E-state index contributed by atoms with van der Waals surface area (Å²) in [6.07, 6.45) is 3.01. The third kappa shape index (κ3) is 4.22. The van der Waals surface area contributed by atoms with Crippen LogP contribution in [-0.2, 0) is 4.79 Å². The molecule has 0 saturated carbocycles. The van der Waals surface area contributed by atoms with Crippen LogP contribution in [0, 0.1) is 5.92 Å². The Morgan fingerprint density at radius 1 is 1.42 bits per heavy atom. The largest absolute Gasteiger partial charge is 0.347 e. The number of fused-ring (bicyclic) bond motifs is 1. The smallest absolute Gasteiger partial charge is 0.252 e. The minimum absolute atomic E-state index is 0.00207. The van der Waals surface area contributed by atoms with Crippen molar-refractivity contribution in [3.63, 3.8) is 0 Å². The predicted octanol–water partition coefficient (Wildman–Crippen LogP) is 1.48. The number of amides is 2. The lowest BCUT2D eigenvalue weighted by Crippen LogP contribution is -2.39. The van der Waals surface area contributed by atoms with Gasteiger partial charge in [0.15, 0.2) is 0 Å². The topological polar surface area (TPSA) is 81.3 Å². The summed E-state index contributed by atoms with van der Waals surface area (Å²) in [7, 11) is 4.03. The SMILES string of the molecule is CC(CC(=O)N1CC[C@@H](NC(=O)c2cccc3[nH]ncc23)C1)CN(C)C. The molecule has 0 radical (unpaired) electrons. The van der Waals surface area contributed by atoms with Gasteiger partial charge in [0.2, 0.25) is 5.91 Å².